The molecule has 1 amide bonds. The van der Waals surface area contributed by atoms with Crippen molar-refractivity contribution in [1.29, 1.82) is 0 Å². The number of fused-ring (bicyclic) bond motifs is 1. The van der Waals surface area contributed by atoms with Gasteiger partial charge in [0.15, 0.2) is 11.6 Å². The third-order valence-electron chi connectivity index (χ3n) is 6.51. The van der Waals surface area contributed by atoms with E-state index in [1.54, 1.807) is 17.4 Å². The number of nitrogens with two attached hydrogens (primary N) is 1. The molecule has 1 aliphatic heterocycles. The van der Waals surface area contributed by atoms with Gasteiger partial charge in [-0.3, -0.25) is 9.48 Å². The minimum Gasteiger partial charge on any atom is -0.497 e. The van der Waals surface area contributed by atoms with E-state index in [1.165, 1.54) is 32.4 Å². The second-order valence-corrected chi connectivity index (χ2v) is 8.87. The lowest BCUT2D eigenvalue weighted by molar-refractivity contribution is -0.125. The molecule has 3 aromatic heterocycles. The number of methoxy groups -OCH3 is 2. The third-order valence-corrected chi connectivity index (χ3v) is 6.51. The number of carbonyl (C=O) groups excluding carboxylic acids is 1. The summed E-state index contributed by atoms with van der Waals surface area (Å²) in [6.45, 7) is 4.60. The lowest BCUT2D eigenvalue weighted by Crippen LogP contribution is -2.27. The Balaban J connectivity index is 1.70. The van der Waals surface area contributed by atoms with E-state index in [0.29, 0.717) is 47.6 Å². The summed E-state index contributed by atoms with van der Waals surface area (Å²) in [6.07, 6.45) is 7.20. The number of pyridine rings is 1. The van der Waals surface area contributed by atoms with Crippen molar-refractivity contribution in [3.8, 4) is 34.6 Å². The van der Waals surface area contributed by atoms with E-state index in [-0.39, 0.29) is 29.1 Å². The maximum Gasteiger partial charge on any atom is 0.246 e. The number of benzene rings is 1. The van der Waals surface area contributed by atoms with Crippen LogP contribution in [0, 0.1) is 17.7 Å². The maximum absolute atomic E-state index is 15.0. The highest BCUT2D eigenvalue weighted by atomic mass is 19.1. The van der Waals surface area contributed by atoms with Crippen molar-refractivity contribution in [1.82, 2.24) is 29.2 Å². The summed E-state index contributed by atoms with van der Waals surface area (Å²) >= 11 is 0. The molecule has 0 spiro atoms. The van der Waals surface area contributed by atoms with Gasteiger partial charge in [0.2, 0.25) is 5.91 Å². The van der Waals surface area contributed by atoms with Gasteiger partial charge in [-0.2, -0.15) is 5.10 Å². The molecule has 0 radical (unpaired) electrons. The highest BCUT2D eigenvalue weighted by Crippen LogP contribution is 2.36. The molecule has 38 heavy (non-hydrogen) atoms. The molecule has 4 aromatic rings. The molecule has 1 aromatic carbocycles. The van der Waals surface area contributed by atoms with Gasteiger partial charge in [0.05, 0.1) is 48.7 Å². The highest BCUT2D eigenvalue weighted by Gasteiger charge is 2.30. The number of amides is 1. The molecule has 0 aliphatic carbocycles. The largest absolute Gasteiger partial charge is 0.497 e. The predicted molar refractivity (Wildman–Crippen MR) is 140 cm³/mol. The minimum absolute atomic E-state index is 0.0144. The van der Waals surface area contributed by atoms with Gasteiger partial charge in [-0.25, -0.2) is 14.4 Å². The van der Waals surface area contributed by atoms with Crippen LogP contribution >= 0.6 is 0 Å². The van der Waals surface area contributed by atoms with Gasteiger partial charge < -0.3 is 24.7 Å². The molecule has 0 bridgehead atoms. The number of imidazole rings is 1. The molecule has 5 rings (SSSR count). The molecular weight excluding hydrogens is 489 g/mol. The topological polar surface area (TPSA) is 113 Å². The number of likely N-dealkylation sites (tertiary alicyclic amines) is 1. The van der Waals surface area contributed by atoms with Crippen molar-refractivity contribution in [3.63, 3.8) is 0 Å². The van der Waals surface area contributed by atoms with Crippen LogP contribution in [0.2, 0.25) is 0 Å². The first-order chi connectivity index (χ1) is 18.3. The monoisotopic (exact) mass is 515 g/mol. The number of carbonyl (C=O) groups is 1. The van der Waals surface area contributed by atoms with Gasteiger partial charge in [-0.05, 0) is 24.5 Å². The SMILES string of the molecule is C=CC(=O)N1CC[C@H](n2nc(C#Cc3cc(OC)cc(OC)c3F)c3c(N)ncc(-c4cn(C)cn4)c32)C1. The van der Waals surface area contributed by atoms with Gasteiger partial charge in [0, 0.05) is 44.2 Å². The number of nitrogens with zero attached hydrogens (tertiary/aromatic N) is 6. The fourth-order valence-corrected chi connectivity index (χ4v) is 4.61. The Hall–Kier alpha value is -4.85. The summed E-state index contributed by atoms with van der Waals surface area (Å²) in [4.78, 5) is 22.9. The number of halogens is 1. The molecule has 1 saturated heterocycles. The first-order valence-electron chi connectivity index (χ1n) is 11.8. The van der Waals surface area contributed by atoms with Crippen molar-refractivity contribution in [2.75, 3.05) is 33.0 Å². The molecule has 2 N–H and O–H groups in total. The van der Waals surface area contributed by atoms with Crippen LogP contribution in [0.1, 0.15) is 23.7 Å². The fourth-order valence-electron chi connectivity index (χ4n) is 4.61. The Morgan fingerprint density at radius 2 is 2.08 bits per heavy atom. The molecule has 1 atom stereocenters. The Bertz CT molecular complexity index is 1630. The van der Waals surface area contributed by atoms with E-state index in [2.05, 4.69) is 28.4 Å². The molecular formula is C27H26FN7O3. The van der Waals surface area contributed by atoms with Crippen molar-refractivity contribution >= 4 is 22.6 Å². The van der Waals surface area contributed by atoms with E-state index in [1.807, 2.05) is 22.5 Å². The molecule has 11 heteroatoms. The van der Waals surface area contributed by atoms with Crippen molar-refractivity contribution in [2.45, 2.75) is 12.5 Å². The number of ether oxygens (including phenoxy) is 2. The Kier molecular flexibility index (Phi) is 6.46. The maximum atomic E-state index is 15.0. The number of rotatable bonds is 5. The van der Waals surface area contributed by atoms with E-state index in [9.17, 15) is 9.18 Å². The summed E-state index contributed by atoms with van der Waals surface area (Å²) in [5, 5.41) is 5.35. The number of nitrogen functional groups attached to an aromatic ring is 1. The molecule has 10 nitrogen and oxygen atoms in total. The van der Waals surface area contributed by atoms with E-state index in [4.69, 9.17) is 20.3 Å². The van der Waals surface area contributed by atoms with Gasteiger partial charge in [-0.15, -0.1) is 0 Å². The summed E-state index contributed by atoms with van der Waals surface area (Å²) in [6, 6.07) is 2.79. The Labute approximate surface area is 218 Å². The first-order valence-corrected chi connectivity index (χ1v) is 11.8. The van der Waals surface area contributed by atoms with Crippen LogP contribution in [0.4, 0.5) is 10.2 Å². The zero-order valence-electron chi connectivity index (χ0n) is 21.2. The molecule has 194 valence electrons. The van der Waals surface area contributed by atoms with Gasteiger partial charge in [-0.1, -0.05) is 12.5 Å². The van der Waals surface area contributed by atoms with Crippen molar-refractivity contribution in [3.05, 3.63) is 60.6 Å². The number of aryl methyl sites for hydroxylation is 1. The number of anilines is 1. The second kappa shape index (κ2) is 9.89. The van der Waals surface area contributed by atoms with Gasteiger partial charge >= 0.3 is 0 Å². The molecule has 1 fully saturated rings. The number of aromatic nitrogens is 5. The number of hydrogen-bond acceptors (Lipinski definition) is 7. The average molecular weight is 516 g/mol. The van der Waals surface area contributed by atoms with Crippen LogP contribution in [-0.4, -0.2) is 62.4 Å². The summed E-state index contributed by atoms with van der Waals surface area (Å²) in [7, 11) is 4.73. The van der Waals surface area contributed by atoms with Crippen LogP contribution < -0.4 is 15.2 Å². The van der Waals surface area contributed by atoms with Crippen LogP contribution in [0.3, 0.4) is 0 Å². The third kappa shape index (κ3) is 4.30. The molecule has 1 aliphatic rings. The zero-order chi connectivity index (χ0) is 27.0. The van der Waals surface area contributed by atoms with Crippen LogP contribution in [-0.2, 0) is 11.8 Å². The molecule has 4 heterocycles. The van der Waals surface area contributed by atoms with Gasteiger partial charge in [0.25, 0.3) is 0 Å². The fraction of sp³-hybridized carbons (Fsp3) is 0.259. The summed E-state index contributed by atoms with van der Waals surface area (Å²) in [5.74, 6) is 5.74. The standard InChI is InChI=1S/C27H26FN7O3/c1-5-23(36)34-9-8-17(13-34)35-26-19(21-14-33(2)15-31-21)12-30-27(29)24(26)20(32-35)7-6-16-10-18(37-3)11-22(38-4)25(16)28/h5,10-12,14-15,17H,1,8-9,13H2,2-4H3,(H2,29,30)/t17-/m0/s1. The van der Waals surface area contributed by atoms with E-state index in [0.717, 1.165) is 5.56 Å². The van der Waals surface area contributed by atoms with Crippen LogP contribution in [0.25, 0.3) is 22.2 Å². The van der Waals surface area contributed by atoms with Crippen LogP contribution in [0.15, 0.2) is 43.5 Å². The zero-order valence-corrected chi connectivity index (χ0v) is 21.2. The minimum atomic E-state index is -0.612. The lowest BCUT2D eigenvalue weighted by Gasteiger charge is -2.16. The summed E-state index contributed by atoms with van der Waals surface area (Å²) < 4.78 is 29.0. The van der Waals surface area contributed by atoms with Crippen LogP contribution in [0.5, 0.6) is 11.5 Å². The normalized spacial score (nSPS) is 14.8. The Morgan fingerprint density at radius 3 is 2.76 bits per heavy atom. The molecule has 0 saturated carbocycles. The van der Waals surface area contributed by atoms with E-state index >= 15 is 0 Å². The Morgan fingerprint density at radius 1 is 1.26 bits per heavy atom. The van der Waals surface area contributed by atoms with Gasteiger partial charge in [0.1, 0.15) is 17.3 Å². The summed E-state index contributed by atoms with van der Waals surface area (Å²) in [5.41, 5.74) is 8.88. The quantitative estimate of drug-likeness (QED) is 0.321. The predicted octanol–water partition coefficient (Wildman–Crippen LogP) is 2.93. The smallest absolute Gasteiger partial charge is 0.246 e. The lowest BCUT2D eigenvalue weighted by atomic mass is 10.1. The molecule has 0 unspecified atom stereocenters. The second-order valence-electron chi connectivity index (χ2n) is 8.87. The first kappa shape index (κ1) is 24.8. The highest BCUT2D eigenvalue weighted by molar-refractivity contribution is 6.01. The van der Waals surface area contributed by atoms with E-state index < -0.39 is 5.82 Å². The van der Waals surface area contributed by atoms with Crippen molar-refractivity contribution in [2.24, 2.45) is 7.05 Å². The number of hydrogen-bond donors (Lipinski definition) is 1. The average Bonchev–Trinajstić information content (AvgIpc) is 3.67. The van der Waals surface area contributed by atoms with Crippen molar-refractivity contribution < 1.29 is 18.7 Å².